The van der Waals surface area contributed by atoms with Crippen molar-refractivity contribution >= 4 is 28.2 Å². The lowest BCUT2D eigenvalue weighted by atomic mass is 10.1. The Morgan fingerprint density at radius 3 is 2.83 bits per heavy atom. The Balaban J connectivity index is 2.12. The van der Waals surface area contributed by atoms with Gasteiger partial charge in [-0.25, -0.2) is 0 Å². The third kappa shape index (κ3) is 1.49. The molecule has 2 atom stereocenters. The first-order chi connectivity index (χ1) is 8.49. The van der Waals surface area contributed by atoms with Crippen molar-refractivity contribution in [3.63, 3.8) is 0 Å². The molecule has 0 aliphatic carbocycles. The average Bonchev–Trinajstić information content (AvgIpc) is 2.78. The number of hydrogen-bond acceptors (Lipinski definition) is 4. The number of hydrogen-bond donors (Lipinski definition) is 2. The van der Waals surface area contributed by atoms with Crippen LogP contribution in [0.15, 0.2) is 0 Å². The first-order valence-corrected chi connectivity index (χ1v) is 6.70. The smallest absolute Gasteiger partial charge is 0.257 e. The van der Waals surface area contributed by atoms with E-state index in [-0.39, 0.29) is 18.4 Å². The topological polar surface area (TPSA) is 69.6 Å². The molecule has 6 heteroatoms. The van der Waals surface area contributed by atoms with Gasteiger partial charge in [0.25, 0.3) is 5.91 Å². The van der Waals surface area contributed by atoms with E-state index in [0.717, 1.165) is 10.4 Å². The fourth-order valence-electron chi connectivity index (χ4n) is 2.60. The number of nitrogens with zero attached hydrogens (tertiary/aromatic N) is 1. The van der Waals surface area contributed by atoms with Crippen molar-refractivity contribution in [2.45, 2.75) is 32.4 Å². The van der Waals surface area contributed by atoms with E-state index in [4.69, 9.17) is 0 Å². The molecule has 5 nitrogen and oxygen atoms in total. The summed E-state index contributed by atoms with van der Waals surface area (Å²) in [5.41, 5.74) is 1.50. The summed E-state index contributed by atoms with van der Waals surface area (Å²) in [7, 11) is 0. The number of aliphatic hydroxyl groups excluding tert-OH is 1. The SMILES string of the molecule is Cc1sc2c(c1C)C(=O)N1C[C@H](O)C[C@H]1C(=O)N2. The minimum Gasteiger partial charge on any atom is -0.391 e. The summed E-state index contributed by atoms with van der Waals surface area (Å²) < 4.78 is 0. The summed E-state index contributed by atoms with van der Waals surface area (Å²) >= 11 is 1.44. The Bertz CT molecular complexity index is 552. The first-order valence-electron chi connectivity index (χ1n) is 5.89. The molecular weight excluding hydrogens is 252 g/mol. The largest absolute Gasteiger partial charge is 0.391 e. The van der Waals surface area contributed by atoms with Crippen LogP contribution in [-0.4, -0.2) is 40.5 Å². The summed E-state index contributed by atoms with van der Waals surface area (Å²) in [6.45, 7) is 4.07. The van der Waals surface area contributed by atoms with Crippen LogP contribution in [0.2, 0.25) is 0 Å². The minimum absolute atomic E-state index is 0.147. The Morgan fingerprint density at radius 2 is 2.11 bits per heavy atom. The van der Waals surface area contributed by atoms with Gasteiger partial charge in [0.05, 0.1) is 11.7 Å². The van der Waals surface area contributed by atoms with E-state index in [9.17, 15) is 14.7 Å². The van der Waals surface area contributed by atoms with Gasteiger partial charge in [-0.05, 0) is 19.4 Å². The molecule has 2 aliphatic rings. The number of anilines is 1. The van der Waals surface area contributed by atoms with E-state index in [1.54, 1.807) is 0 Å². The lowest BCUT2D eigenvalue weighted by Crippen LogP contribution is -2.40. The summed E-state index contributed by atoms with van der Waals surface area (Å²) in [6.07, 6.45) is -0.281. The highest BCUT2D eigenvalue weighted by molar-refractivity contribution is 7.16. The van der Waals surface area contributed by atoms with Crippen LogP contribution in [-0.2, 0) is 4.79 Å². The number of fused-ring (bicyclic) bond motifs is 2. The van der Waals surface area contributed by atoms with Crippen LogP contribution in [0.25, 0.3) is 0 Å². The van der Waals surface area contributed by atoms with Crippen LogP contribution in [0.3, 0.4) is 0 Å². The Labute approximate surface area is 108 Å². The quantitative estimate of drug-likeness (QED) is 0.733. The Hall–Kier alpha value is -1.40. The maximum absolute atomic E-state index is 12.5. The van der Waals surface area contributed by atoms with Crippen molar-refractivity contribution < 1.29 is 14.7 Å². The number of thiophene rings is 1. The first kappa shape index (κ1) is 11.7. The van der Waals surface area contributed by atoms with Crippen molar-refractivity contribution in [1.82, 2.24) is 4.90 Å². The molecule has 2 N–H and O–H groups in total. The Morgan fingerprint density at radius 1 is 1.39 bits per heavy atom. The second-order valence-electron chi connectivity index (χ2n) is 4.84. The number of nitrogens with one attached hydrogen (secondary N) is 1. The lowest BCUT2D eigenvalue weighted by Gasteiger charge is -2.20. The second kappa shape index (κ2) is 3.80. The van der Waals surface area contributed by atoms with Gasteiger partial charge >= 0.3 is 0 Å². The molecule has 96 valence electrons. The molecule has 3 rings (SSSR count). The minimum atomic E-state index is -0.605. The number of aliphatic hydroxyl groups is 1. The molecular formula is C12H14N2O3S. The van der Waals surface area contributed by atoms with Crippen LogP contribution in [0.5, 0.6) is 0 Å². The zero-order valence-electron chi connectivity index (χ0n) is 10.2. The lowest BCUT2D eigenvalue weighted by molar-refractivity contribution is -0.119. The number of aryl methyl sites for hydroxylation is 1. The summed E-state index contributed by atoms with van der Waals surface area (Å²) in [5.74, 6) is -0.341. The van der Waals surface area contributed by atoms with Crippen LogP contribution < -0.4 is 5.32 Å². The molecule has 1 aromatic rings. The third-order valence-corrected chi connectivity index (χ3v) is 4.80. The molecule has 0 radical (unpaired) electrons. The molecule has 0 saturated carbocycles. The highest BCUT2D eigenvalue weighted by Gasteiger charge is 2.43. The number of carbonyl (C=O) groups is 2. The molecule has 2 aliphatic heterocycles. The van der Waals surface area contributed by atoms with Gasteiger partial charge in [0.2, 0.25) is 5.91 Å². The fourth-order valence-corrected chi connectivity index (χ4v) is 3.65. The van der Waals surface area contributed by atoms with E-state index in [1.165, 1.54) is 16.2 Å². The van der Waals surface area contributed by atoms with Gasteiger partial charge in [-0.3, -0.25) is 9.59 Å². The molecule has 3 heterocycles. The van der Waals surface area contributed by atoms with Crippen LogP contribution >= 0.6 is 11.3 Å². The van der Waals surface area contributed by atoms with E-state index < -0.39 is 12.1 Å². The van der Waals surface area contributed by atoms with Gasteiger partial charge in [0.15, 0.2) is 0 Å². The molecule has 2 amide bonds. The fraction of sp³-hybridized carbons (Fsp3) is 0.500. The zero-order valence-corrected chi connectivity index (χ0v) is 11.0. The number of rotatable bonds is 0. The molecule has 0 aromatic carbocycles. The molecule has 1 aromatic heterocycles. The third-order valence-electron chi connectivity index (χ3n) is 3.68. The van der Waals surface area contributed by atoms with E-state index in [1.807, 2.05) is 13.8 Å². The van der Waals surface area contributed by atoms with Gasteiger partial charge in [0.1, 0.15) is 11.0 Å². The number of carbonyl (C=O) groups excluding carboxylic acids is 2. The zero-order chi connectivity index (χ0) is 13.0. The van der Waals surface area contributed by atoms with Crippen LogP contribution in [0.4, 0.5) is 5.00 Å². The van der Waals surface area contributed by atoms with Gasteiger partial charge in [0, 0.05) is 17.8 Å². The van der Waals surface area contributed by atoms with E-state index in [2.05, 4.69) is 5.32 Å². The van der Waals surface area contributed by atoms with Crippen LogP contribution in [0, 0.1) is 13.8 Å². The highest BCUT2D eigenvalue weighted by Crippen LogP contribution is 2.37. The maximum atomic E-state index is 12.5. The van der Waals surface area contributed by atoms with Crippen molar-refractivity contribution in [3.05, 3.63) is 16.0 Å². The maximum Gasteiger partial charge on any atom is 0.257 e. The molecule has 1 fully saturated rings. The van der Waals surface area contributed by atoms with Gasteiger partial charge in [-0.1, -0.05) is 0 Å². The second-order valence-corrected chi connectivity index (χ2v) is 6.06. The summed E-state index contributed by atoms with van der Waals surface area (Å²) in [4.78, 5) is 27.1. The number of amides is 2. The standard InChI is InChI=1S/C12H14N2O3S/c1-5-6(2)18-11-9(5)12(17)14-4-7(15)3-8(14)10(16)13-11/h7-8,15H,3-4H2,1-2H3,(H,13,16)/t7-,8+/m1/s1. The summed E-state index contributed by atoms with van der Waals surface area (Å²) in [6, 6.07) is -0.535. The van der Waals surface area contributed by atoms with Crippen molar-refractivity contribution in [3.8, 4) is 0 Å². The monoisotopic (exact) mass is 266 g/mol. The predicted molar refractivity (Wildman–Crippen MR) is 67.9 cm³/mol. The normalized spacial score (nSPS) is 26.7. The summed E-state index contributed by atoms with van der Waals surface area (Å²) in [5, 5.41) is 13.1. The molecule has 0 spiro atoms. The molecule has 18 heavy (non-hydrogen) atoms. The van der Waals surface area contributed by atoms with Crippen molar-refractivity contribution in [2.24, 2.45) is 0 Å². The highest BCUT2D eigenvalue weighted by atomic mass is 32.1. The predicted octanol–water partition coefficient (Wildman–Crippen LogP) is 0.892. The molecule has 1 saturated heterocycles. The van der Waals surface area contributed by atoms with Crippen molar-refractivity contribution in [2.75, 3.05) is 11.9 Å². The van der Waals surface area contributed by atoms with Gasteiger partial charge < -0.3 is 15.3 Å². The van der Waals surface area contributed by atoms with Crippen molar-refractivity contribution in [1.29, 1.82) is 0 Å². The Kier molecular flexibility index (Phi) is 2.46. The van der Waals surface area contributed by atoms with Crippen LogP contribution in [0.1, 0.15) is 27.2 Å². The van der Waals surface area contributed by atoms with E-state index in [0.29, 0.717) is 17.0 Å². The molecule has 0 bridgehead atoms. The van der Waals surface area contributed by atoms with Gasteiger partial charge in [-0.2, -0.15) is 0 Å². The average molecular weight is 266 g/mol. The van der Waals surface area contributed by atoms with E-state index >= 15 is 0 Å². The van der Waals surface area contributed by atoms with Gasteiger partial charge in [-0.15, -0.1) is 11.3 Å². The molecule has 0 unspecified atom stereocenters.